The quantitative estimate of drug-likeness (QED) is 0.0354. The van der Waals surface area contributed by atoms with Crippen LogP contribution in [0, 0.1) is 0 Å². The van der Waals surface area contributed by atoms with Crippen molar-refractivity contribution in [2.24, 2.45) is 4.99 Å². The zero-order chi connectivity index (χ0) is 29.9. The van der Waals surface area contributed by atoms with Gasteiger partial charge < -0.3 is 14.6 Å². The molecule has 1 N–H and O–H groups in total. The van der Waals surface area contributed by atoms with Gasteiger partial charge in [-0.3, -0.25) is 14.3 Å². The van der Waals surface area contributed by atoms with Gasteiger partial charge in [-0.1, -0.05) is 129 Å². The summed E-state index contributed by atoms with van der Waals surface area (Å²) in [7, 11) is -4.61. The van der Waals surface area contributed by atoms with Crippen molar-refractivity contribution in [3.05, 3.63) is 0 Å². The first-order chi connectivity index (χ1) is 19.2. The number of carbonyl (C=O) groups is 2. The first-order valence-electron chi connectivity index (χ1n) is 15.7. The van der Waals surface area contributed by atoms with E-state index in [0.29, 0.717) is 12.8 Å². The van der Waals surface area contributed by atoms with E-state index in [-0.39, 0.29) is 42.8 Å². The van der Waals surface area contributed by atoms with Gasteiger partial charge >= 0.3 is 41.5 Å². The maximum atomic E-state index is 12.5. The third-order valence-electron chi connectivity index (χ3n) is 6.74. The van der Waals surface area contributed by atoms with Crippen molar-refractivity contribution in [2.75, 3.05) is 19.0 Å². The van der Waals surface area contributed by atoms with Crippen LogP contribution >= 0.6 is 0 Å². The molecule has 0 saturated heterocycles. The summed E-state index contributed by atoms with van der Waals surface area (Å²) in [6.45, 7) is 4.74. The summed E-state index contributed by atoms with van der Waals surface area (Å²) in [5, 5.41) is 11.9. The van der Waals surface area contributed by atoms with Gasteiger partial charge in [0, 0.05) is 0 Å². The summed E-state index contributed by atoms with van der Waals surface area (Å²) in [4.78, 5) is 28.3. The van der Waals surface area contributed by atoms with E-state index in [9.17, 15) is 23.1 Å². The van der Waals surface area contributed by atoms with Gasteiger partial charge in [0.05, 0.1) is 19.6 Å². The van der Waals surface area contributed by atoms with Crippen molar-refractivity contribution in [1.82, 2.24) is 0 Å². The SMILES string of the molecule is CCCCCCCCCCCCOC(=O)CC(N=C([O-])CS(=O)(=O)O)C(=O)OCCCCCCCCCCCC.[Na+]. The molecule has 0 heterocycles. The Morgan fingerprint density at radius 2 is 1.05 bits per heavy atom. The molecule has 11 heteroatoms. The normalized spacial score (nSPS) is 12.5. The number of rotatable bonds is 28. The van der Waals surface area contributed by atoms with E-state index in [1.165, 1.54) is 77.0 Å². The van der Waals surface area contributed by atoms with Crippen LogP contribution in [0.5, 0.6) is 0 Å². The number of esters is 2. The Morgan fingerprint density at radius 3 is 1.44 bits per heavy atom. The molecule has 0 amide bonds. The Balaban J connectivity index is 0. The monoisotopic (exact) mass is 613 g/mol. The fourth-order valence-corrected chi connectivity index (χ4v) is 4.79. The van der Waals surface area contributed by atoms with E-state index < -0.39 is 46.2 Å². The standard InChI is InChI=1S/C30H57NO8S.Na/c1-3-5-7-9-11-13-15-17-19-21-23-38-29(33)25-27(31-28(32)26-40(35,36)37)30(34)39-24-22-20-18-16-14-12-10-8-6-4-2;/h27H,3-26H2,1-2H3,(H,31,32)(H,35,36,37);/q;+1/p-1. The summed E-state index contributed by atoms with van der Waals surface area (Å²) in [5.41, 5.74) is 0. The number of ether oxygens (including phenoxy) is 2. The van der Waals surface area contributed by atoms with Crippen LogP contribution in [0.3, 0.4) is 0 Å². The van der Waals surface area contributed by atoms with Crippen LogP contribution in [0.2, 0.25) is 0 Å². The smallest absolute Gasteiger partial charge is 0.861 e. The van der Waals surface area contributed by atoms with Gasteiger partial charge in [0.15, 0.2) is 6.04 Å². The molecule has 1 atom stereocenters. The average Bonchev–Trinajstić information content (AvgIpc) is 2.88. The second-order valence-electron chi connectivity index (χ2n) is 10.7. The Morgan fingerprint density at radius 1 is 0.683 bits per heavy atom. The molecule has 0 aromatic carbocycles. The molecule has 0 radical (unpaired) electrons. The molecule has 0 spiro atoms. The van der Waals surface area contributed by atoms with E-state index in [4.69, 9.17) is 14.0 Å². The first kappa shape index (κ1) is 42.5. The van der Waals surface area contributed by atoms with Crippen molar-refractivity contribution in [1.29, 1.82) is 0 Å². The van der Waals surface area contributed by atoms with Crippen LogP contribution in [-0.2, 0) is 29.2 Å². The minimum absolute atomic E-state index is 0. The molecular formula is C30H56NNaO8S. The van der Waals surface area contributed by atoms with Gasteiger partial charge in [-0.25, -0.2) is 4.79 Å². The fourth-order valence-electron chi connectivity index (χ4n) is 4.40. The maximum Gasteiger partial charge on any atom is 1.00 e. The number of nitrogens with zero attached hydrogens (tertiary/aromatic N) is 1. The number of aliphatic imine (C=N–C) groups is 1. The van der Waals surface area contributed by atoms with E-state index in [1.807, 2.05) is 0 Å². The molecule has 0 rings (SSSR count). The maximum absolute atomic E-state index is 12.5. The molecule has 0 fully saturated rings. The second kappa shape index (κ2) is 29.4. The zero-order valence-corrected chi connectivity index (χ0v) is 29.0. The molecule has 9 nitrogen and oxygen atoms in total. The van der Waals surface area contributed by atoms with Crippen LogP contribution in [-0.4, -0.2) is 55.8 Å². The van der Waals surface area contributed by atoms with Crippen LogP contribution in [0.4, 0.5) is 0 Å². The van der Waals surface area contributed by atoms with E-state index >= 15 is 0 Å². The summed E-state index contributed by atoms with van der Waals surface area (Å²) in [6.07, 6.45) is 22.2. The van der Waals surface area contributed by atoms with Crippen LogP contribution in [0.1, 0.15) is 149 Å². The minimum atomic E-state index is -4.61. The molecule has 0 aromatic rings. The number of hydrogen-bond acceptors (Lipinski definition) is 8. The summed E-state index contributed by atoms with van der Waals surface area (Å²) in [5.74, 6) is -4.07. The topological polar surface area (TPSA) is 142 Å². The summed E-state index contributed by atoms with van der Waals surface area (Å²) < 4.78 is 41.3. The minimum Gasteiger partial charge on any atom is -0.861 e. The van der Waals surface area contributed by atoms with Crippen molar-refractivity contribution >= 4 is 28.0 Å². The zero-order valence-electron chi connectivity index (χ0n) is 26.2. The van der Waals surface area contributed by atoms with Crippen LogP contribution in [0.25, 0.3) is 0 Å². The van der Waals surface area contributed by atoms with Gasteiger partial charge in [0.25, 0.3) is 10.1 Å². The molecule has 0 aliphatic heterocycles. The molecule has 236 valence electrons. The van der Waals surface area contributed by atoms with Gasteiger partial charge in [0.2, 0.25) is 0 Å². The molecule has 0 aliphatic rings. The molecule has 1 unspecified atom stereocenters. The Hall–Kier alpha value is -0.680. The van der Waals surface area contributed by atoms with E-state index in [2.05, 4.69) is 18.8 Å². The predicted molar refractivity (Wildman–Crippen MR) is 158 cm³/mol. The molecule has 0 aliphatic carbocycles. The summed E-state index contributed by atoms with van der Waals surface area (Å²) in [6, 6.07) is -1.50. The van der Waals surface area contributed by atoms with Gasteiger partial charge in [-0.2, -0.15) is 8.42 Å². The molecular weight excluding hydrogens is 557 g/mol. The van der Waals surface area contributed by atoms with E-state index in [0.717, 1.165) is 38.5 Å². The average molecular weight is 614 g/mol. The molecule has 0 aromatic heterocycles. The number of unbranched alkanes of at least 4 members (excludes halogenated alkanes) is 18. The Bertz CT molecular complexity index is 776. The second-order valence-corrected chi connectivity index (χ2v) is 12.2. The fraction of sp³-hybridized carbons (Fsp3) is 0.900. The third-order valence-corrected chi connectivity index (χ3v) is 7.35. The Kier molecular flexibility index (Phi) is 30.4. The first-order valence-corrected chi connectivity index (χ1v) is 17.3. The molecule has 41 heavy (non-hydrogen) atoms. The van der Waals surface area contributed by atoms with Gasteiger partial charge in [-0.05, 0) is 18.7 Å². The van der Waals surface area contributed by atoms with Gasteiger partial charge in [0.1, 0.15) is 5.75 Å². The Labute approximate surface area is 272 Å². The third kappa shape index (κ3) is 30.6. The van der Waals surface area contributed by atoms with E-state index in [1.54, 1.807) is 0 Å². The van der Waals surface area contributed by atoms with Crippen LogP contribution in [0.15, 0.2) is 4.99 Å². The number of hydrogen-bond donors (Lipinski definition) is 1. The molecule has 0 saturated carbocycles. The number of carbonyl (C=O) groups excluding carboxylic acids is 2. The van der Waals surface area contributed by atoms with Crippen molar-refractivity contribution in [3.8, 4) is 0 Å². The van der Waals surface area contributed by atoms with Crippen LogP contribution < -0.4 is 34.7 Å². The predicted octanol–water partition coefficient (Wildman–Crippen LogP) is 3.32. The van der Waals surface area contributed by atoms with Gasteiger partial charge in [-0.15, -0.1) is 0 Å². The summed E-state index contributed by atoms with van der Waals surface area (Å²) >= 11 is 0. The van der Waals surface area contributed by atoms with Crippen molar-refractivity contribution < 1.29 is 66.7 Å². The molecule has 0 bridgehead atoms. The van der Waals surface area contributed by atoms with Crippen molar-refractivity contribution in [2.45, 2.75) is 155 Å². The van der Waals surface area contributed by atoms with Crippen molar-refractivity contribution in [3.63, 3.8) is 0 Å². The largest absolute Gasteiger partial charge is 1.00 e.